The second-order valence-electron chi connectivity index (χ2n) is 7.41. The summed E-state index contributed by atoms with van der Waals surface area (Å²) in [5.41, 5.74) is 6.47. The van der Waals surface area contributed by atoms with Crippen LogP contribution in [0.4, 0.5) is 0 Å². The minimum Gasteiger partial charge on any atom is -1.00 e. The highest BCUT2D eigenvalue weighted by Crippen LogP contribution is 2.40. The Morgan fingerprint density at radius 2 is 1.20 bits per heavy atom. The molecule has 0 spiro atoms. The number of halogens is 1. The van der Waals surface area contributed by atoms with E-state index in [4.69, 9.17) is 4.98 Å². The van der Waals surface area contributed by atoms with Gasteiger partial charge in [0.2, 0.25) is 0 Å². The summed E-state index contributed by atoms with van der Waals surface area (Å²) < 4.78 is 2.09. The zero-order valence-corrected chi connectivity index (χ0v) is 18.5. The van der Waals surface area contributed by atoms with Crippen molar-refractivity contribution in [1.29, 1.82) is 0 Å². The van der Waals surface area contributed by atoms with Gasteiger partial charge in [-0.1, -0.05) is 60.7 Å². The average Bonchev–Trinajstić information content (AvgIpc) is 2.79. The Labute approximate surface area is 191 Å². The molecule has 0 N–H and O–H groups in total. The van der Waals surface area contributed by atoms with Gasteiger partial charge in [0, 0.05) is 27.3 Å². The highest BCUT2D eigenvalue weighted by molar-refractivity contribution is 6.25. The predicted molar refractivity (Wildman–Crippen MR) is 118 cm³/mol. The van der Waals surface area contributed by atoms with Gasteiger partial charge in [0.15, 0.2) is 5.52 Å². The van der Waals surface area contributed by atoms with Gasteiger partial charge in [-0.2, -0.15) is 0 Å². The van der Waals surface area contributed by atoms with Crippen LogP contribution >= 0.6 is 0 Å². The van der Waals surface area contributed by atoms with Crippen molar-refractivity contribution in [2.24, 2.45) is 7.05 Å². The molecule has 4 aromatic carbocycles. The molecule has 0 bridgehead atoms. The fourth-order valence-electron chi connectivity index (χ4n) is 4.33. The van der Waals surface area contributed by atoms with E-state index in [1.54, 1.807) is 0 Å². The van der Waals surface area contributed by atoms with Crippen LogP contribution in [0.5, 0.6) is 0 Å². The maximum absolute atomic E-state index is 5.19. The maximum Gasteiger partial charge on any atom is 0.287 e. The molecule has 2 heterocycles. The molecule has 6 rings (SSSR count). The largest absolute Gasteiger partial charge is 1.00 e. The van der Waals surface area contributed by atoms with Gasteiger partial charge in [-0.05, 0) is 29.2 Å². The summed E-state index contributed by atoms with van der Waals surface area (Å²) in [6.07, 6.45) is 1.89. The molecule has 6 aromatic rings. The number of benzene rings is 4. The minimum absolute atomic E-state index is 0. The number of hydrogen-bond donors (Lipinski definition) is 0. The molecular formula is C26H18IN3. The number of aryl methyl sites for hydroxylation is 1. The maximum atomic E-state index is 5.19. The van der Waals surface area contributed by atoms with E-state index in [0.717, 1.165) is 38.8 Å². The molecule has 3 nitrogen and oxygen atoms in total. The smallest absolute Gasteiger partial charge is 0.287 e. The van der Waals surface area contributed by atoms with Crippen LogP contribution in [0, 0.1) is 0 Å². The minimum atomic E-state index is 0. The van der Waals surface area contributed by atoms with Gasteiger partial charge in [-0.25, -0.2) is 9.55 Å². The second-order valence-corrected chi connectivity index (χ2v) is 7.41. The Bertz CT molecular complexity index is 1440. The van der Waals surface area contributed by atoms with Crippen LogP contribution < -0.4 is 28.5 Å². The Morgan fingerprint density at radius 1 is 0.633 bits per heavy atom. The van der Waals surface area contributed by atoms with Crippen LogP contribution in [0.1, 0.15) is 0 Å². The van der Waals surface area contributed by atoms with Crippen molar-refractivity contribution in [1.82, 2.24) is 9.97 Å². The molecule has 0 aliphatic rings. The summed E-state index contributed by atoms with van der Waals surface area (Å²) in [6.45, 7) is 0. The topological polar surface area (TPSA) is 29.7 Å². The first-order valence-electron chi connectivity index (χ1n) is 9.75. The van der Waals surface area contributed by atoms with Crippen LogP contribution in [0.2, 0.25) is 0 Å². The van der Waals surface area contributed by atoms with Crippen molar-refractivity contribution in [2.75, 3.05) is 0 Å². The molecule has 0 radical (unpaired) electrons. The molecule has 0 saturated carbocycles. The average molecular weight is 499 g/mol. The Hall–Kier alpha value is -3.12. The number of aromatic nitrogens is 3. The van der Waals surface area contributed by atoms with E-state index in [9.17, 15) is 0 Å². The van der Waals surface area contributed by atoms with E-state index in [1.807, 2.05) is 25.5 Å². The zero-order chi connectivity index (χ0) is 19.4. The van der Waals surface area contributed by atoms with Crippen molar-refractivity contribution >= 4 is 32.6 Å². The van der Waals surface area contributed by atoms with Crippen molar-refractivity contribution in [2.45, 2.75) is 0 Å². The van der Waals surface area contributed by atoms with Crippen LogP contribution in [0.3, 0.4) is 0 Å². The van der Waals surface area contributed by atoms with Crippen LogP contribution in [0.15, 0.2) is 91.3 Å². The van der Waals surface area contributed by atoms with Crippen molar-refractivity contribution < 1.29 is 28.5 Å². The Morgan fingerprint density at radius 3 is 1.80 bits per heavy atom. The lowest BCUT2D eigenvalue weighted by molar-refractivity contribution is -0.647. The van der Waals surface area contributed by atoms with Gasteiger partial charge >= 0.3 is 0 Å². The van der Waals surface area contributed by atoms with Gasteiger partial charge in [0.25, 0.3) is 6.33 Å². The lowest BCUT2D eigenvalue weighted by atomic mass is 9.93. The first-order chi connectivity index (χ1) is 14.3. The molecule has 0 unspecified atom stereocenters. The molecule has 144 valence electrons. The summed E-state index contributed by atoms with van der Waals surface area (Å²) in [5.74, 6) is 0. The van der Waals surface area contributed by atoms with Gasteiger partial charge < -0.3 is 24.0 Å². The van der Waals surface area contributed by atoms with E-state index < -0.39 is 0 Å². The molecular weight excluding hydrogens is 481 g/mol. The highest BCUT2D eigenvalue weighted by Gasteiger charge is 2.21. The summed E-state index contributed by atoms with van der Waals surface area (Å²) in [4.78, 5) is 9.87. The summed E-state index contributed by atoms with van der Waals surface area (Å²) in [5, 5.41) is 4.76. The van der Waals surface area contributed by atoms with Crippen LogP contribution in [-0.2, 0) is 7.05 Å². The summed E-state index contributed by atoms with van der Waals surface area (Å²) in [6, 6.07) is 29.5. The molecule has 30 heavy (non-hydrogen) atoms. The monoisotopic (exact) mass is 499 g/mol. The molecule has 0 fully saturated rings. The first kappa shape index (κ1) is 18.9. The lowest BCUT2D eigenvalue weighted by Gasteiger charge is -2.15. The van der Waals surface area contributed by atoms with Gasteiger partial charge in [0.05, 0.1) is 23.8 Å². The quantitative estimate of drug-likeness (QED) is 0.208. The van der Waals surface area contributed by atoms with Crippen molar-refractivity contribution in [3.8, 4) is 22.5 Å². The number of rotatable bonds is 2. The number of hydrogen-bond acceptors (Lipinski definition) is 2. The second kappa shape index (κ2) is 7.29. The van der Waals surface area contributed by atoms with E-state index in [0.29, 0.717) is 0 Å². The number of nitrogens with zero attached hydrogens (tertiary/aromatic N) is 3. The predicted octanol–water partition coefficient (Wildman–Crippen LogP) is 2.54. The van der Waals surface area contributed by atoms with Gasteiger partial charge in [-0.3, -0.25) is 0 Å². The van der Waals surface area contributed by atoms with Crippen LogP contribution in [0.25, 0.3) is 55.1 Å². The van der Waals surface area contributed by atoms with E-state index in [-0.39, 0.29) is 24.0 Å². The summed E-state index contributed by atoms with van der Waals surface area (Å²) in [7, 11) is 2.05. The summed E-state index contributed by atoms with van der Waals surface area (Å²) >= 11 is 0. The third-order valence-corrected chi connectivity index (χ3v) is 5.70. The van der Waals surface area contributed by atoms with Gasteiger partial charge in [-0.15, -0.1) is 0 Å². The molecule has 0 amide bonds. The molecule has 2 aromatic heterocycles. The lowest BCUT2D eigenvalue weighted by Crippen LogP contribution is -3.00. The standard InChI is InChI=1S/C26H18N3.HI/c1-29-16-27-21-14-12-19-23-20(13-15-22(29)24(21)23)26(18-10-6-3-7-11-18)28-25(19)17-8-4-2-5-9-17;/h2-16H,1H3;1H/q+1;/p-1. The zero-order valence-electron chi connectivity index (χ0n) is 16.4. The van der Waals surface area contributed by atoms with E-state index in [2.05, 4.69) is 82.3 Å². The Balaban J connectivity index is 0.00000193. The first-order valence-corrected chi connectivity index (χ1v) is 9.75. The normalized spacial score (nSPS) is 11.2. The highest BCUT2D eigenvalue weighted by atomic mass is 127. The van der Waals surface area contributed by atoms with Crippen molar-refractivity contribution in [3.05, 3.63) is 91.3 Å². The molecule has 0 aliphatic heterocycles. The fourth-order valence-corrected chi connectivity index (χ4v) is 4.33. The third-order valence-electron chi connectivity index (χ3n) is 5.70. The van der Waals surface area contributed by atoms with E-state index >= 15 is 0 Å². The third kappa shape index (κ3) is 2.75. The SMILES string of the molecule is C[n+]1cnc2ccc3c(-c4ccccc4)nc(-c4ccccc4)c4ccc1c2c34.[I-]. The molecule has 0 atom stereocenters. The molecule has 0 aliphatic carbocycles. The Kier molecular flexibility index (Phi) is 4.59. The van der Waals surface area contributed by atoms with Gasteiger partial charge in [0.1, 0.15) is 5.52 Å². The number of pyridine rings is 1. The fraction of sp³-hybridized carbons (Fsp3) is 0.0385. The van der Waals surface area contributed by atoms with Crippen LogP contribution in [-0.4, -0.2) is 9.97 Å². The molecule has 0 saturated heterocycles. The molecule has 4 heteroatoms. The van der Waals surface area contributed by atoms with Crippen molar-refractivity contribution in [3.63, 3.8) is 0 Å². The van der Waals surface area contributed by atoms with E-state index in [1.165, 1.54) is 16.3 Å².